The predicted octanol–water partition coefficient (Wildman–Crippen LogP) is 4.21. The lowest BCUT2D eigenvalue weighted by Gasteiger charge is -2.13. The van der Waals surface area contributed by atoms with E-state index in [0.717, 1.165) is 17.8 Å². The van der Waals surface area contributed by atoms with E-state index in [1.54, 1.807) is 6.07 Å². The molecule has 2 N–H and O–H groups in total. The first-order chi connectivity index (χ1) is 13.3. The van der Waals surface area contributed by atoms with Gasteiger partial charge in [-0.2, -0.15) is 13.9 Å². The van der Waals surface area contributed by atoms with Gasteiger partial charge in [-0.15, -0.1) is 24.0 Å². The molecular formula is C19H27ClF2IN5O. The quantitative estimate of drug-likeness (QED) is 0.299. The smallest absolute Gasteiger partial charge is 0.387 e. The maximum atomic E-state index is 12.6. The summed E-state index contributed by atoms with van der Waals surface area (Å²) in [5, 5.41) is 11.3. The second kappa shape index (κ2) is 12.2. The van der Waals surface area contributed by atoms with E-state index in [1.807, 2.05) is 32.5 Å². The summed E-state index contributed by atoms with van der Waals surface area (Å²) < 4.78 is 31.6. The highest BCUT2D eigenvalue weighted by Gasteiger charge is 2.11. The van der Waals surface area contributed by atoms with Crippen molar-refractivity contribution < 1.29 is 13.5 Å². The van der Waals surface area contributed by atoms with Gasteiger partial charge in [-0.1, -0.05) is 11.6 Å². The number of hydrogen-bond acceptors (Lipinski definition) is 3. The van der Waals surface area contributed by atoms with Crippen LogP contribution in [0.1, 0.15) is 29.4 Å². The zero-order valence-corrected chi connectivity index (χ0v) is 20.0. The van der Waals surface area contributed by atoms with Gasteiger partial charge in [-0.25, -0.2) is 4.99 Å². The highest BCUT2D eigenvalue weighted by atomic mass is 127. The number of nitrogens with one attached hydrogen (secondary N) is 2. The van der Waals surface area contributed by atoms with Gasteiger partial charge in [0, 0.05) is 36.4 Å². The van der Waals surface area contributed by atoms with Crippen molar-refractivity contribution in [1.29, 1.82) is 0 Å². The van der Waals surface area contributed by atoms with Crippen molar-refractivity contribution in [2.24, 2.45) is 12.0 Å². The Morgan fingerprint density at radius 2 is 2.03 bits per heavy atom. The maximum Gasteiger partial charge on any atom is 0.387 e. The van der Waals surface area contributed by atoms with Crippen molar-refractivity contribution in [3.8, 4) is 5.75 Å². The van der Waals surface area contributed by atoms with Crippen LogP contribution in [-0.4, -0.2) is 35.4 Å². The van der Waals surface area contributed by atoms with E-state index >= 15 is 0 Å². The Bertz CT molecular complexity index is 829. The Hall–Kier alpha value is -1.62. The van der Waals surface area contributed by atoms with Crippen molar-refractivity contribution in [1.82, 2.24) is 20.4 Å². The number of aliphatic imine (C=N–C) groups is 1. The molecule has 0 bridgehead atoms. The molecule has 0 aliphatic heterocycles. The number of aromatic nitrogens is 2. The summed E-state index contributed by atoms with van der Waals surface area (Å²) in [5.41, 5.74) is 3.84. The molecule has 1 heterocycles. The second-order valence-corrected chi connectivity index (χ2v) is 6.71. The fourth-order valence-corrected chi connectivity index (χ4v) is 3.07. The van der Waals surface area contributed by atoms with Crippen molar-refractivity contribution in [2.75, 3.05) is 13.1 Å². The molecule has 0 spiro atoms. The molecule has 10 heteroatoms. The molecular weight excluding hydrogens is 515 g/mol. The van der Waals surface area contributed by atoms with Crippen LogP contribution in [0, 0.1) is 13.8 Å². The summed E-state index contributed by atoms with van der Waals surface area (Å²) in [5.74, 6) is 0.658. The van der Waals surface area contributed by atoms with Crippen LogP contribution in [0.3, 0.4) is 0 Å². The van der Waals surface area contributed by atoms with E-state index in [1.165, 1.54) is 17.7 Å². The molecule has 162 valence electrons. The number of nitrogens with zero attached hydrogens (tertiary/aromatic N) is 3. The third-order valence-electron chi connectivity index (χ3n) is 4.32. The van der Waals surface area contributed by atoms with Gasteiger partial charge < -0.3 is 15.4 Å². The molecule has 0 aliphatic carbocycles. The first-order valence-corrected chi connectivity index (χ1v) is 9.44. The van der Waals surface area contributed by atoms with Gasteiger partial charge in [0.2, 0.25) is 0 Å². The van der Waals surface area contributed by atoms with Crippen molar-refractivity contribution in [3.63, 3.8) is 0 Å². The third-order valence-corrected chi connectivity index (χ3v) is 4.55. The molecule has 0 unspecified atom stereocenters. The average molecular weight is 542 g/mol. The lowest BCUT2D eigenvalue weighted by atomic mass is 10.1. The van der Waals surface area contributed by atoms with Crippen LogP contribution < -0.4 is 15.4 Å². The Balaban J connectivity index is 0.00000420. The highest BCUT2D eigenvalue weighted by molar-refractivity contribution is 14.0. The standard InChI is InChI=1S/C19H26ClF2N5O.HI/c1-5-23-19(24-9-8-16-12(2)26-27(4)13(16)3)25-11-14-10-15(20)6-7-17(14)28-18(21)22;/h6-7,10,18H,5,8-9,11H2,1-4H3,(H2,23,24,25);1H. The summed E-state index contributed by atoms with van der Waals surface area (Å²) in [7, 11) is 1.93. The highest BCUT2D eigenvalue weighted by Crippen LogP contribution is 2.25. The largest absolute Gasteiger partial charge is 0.434 e. The van der Waals surface area contributed by atoms with E-state index in [4.69, 9.17) is 11.6 Å². The maximum absolute atomic E-state index is 12.6. The van der Waals surface area contributed by atoms with Gasteiger partial charge in [0.15, 0.2) is 5.96 Å². The van der Waals surface area contributed by atoms with E-state index in [0.29, 0.717) is 29.6 Å². The molecule has 1 aromatic heterocycles. The van der Waals surface area contributed by atoms with Crippen LogP contribution in [0.25, 0.3) is 0 Å². The Morgan fingerprint density at radius 1 is 1.31 bits per heavy atom. The lowest BCUT2D eigenvalue weighted by molar-refractivity contribution is -0.0504. The fraction of sp³-hybridized carbons (Fsp3) is 0.474. The minimum Gasteiger partial charge on any atom is -0.434 e. The normalized spacial score (nSPS) is 11.4. The number of aryl methyl sites for hydroxylation is 2. The summed E-state index contributed by atoms with van der Waals surface area (Å²) in [4.78, 5) is 4.46. The summed E-state index contributed by atoms with van der Waals surface area (Å²) in [6.07, 6.45) is 0.798. The number of hydrogen-bond donors (Lipinski definition) is 2. The zero-order valence-electron chi connectivity index (χ0n) is 16.9. The molecule has 0 fully saturated rings. The third kappa shape index (κ3) is 7.61. The van der Waals surface area contributed by atoms with Crippen molar-refractivity contribution >= 4 is 41.5 Å². The zero-order chi connectivity index (χ0) is 20.7. The van der Waals surface area contributed by atoms with E-state index < -0.39 is 6.61 Å². The molecule has 0 saturated carbocycles. The summed E-state index contributed by atoms with van der Waals surface area (Å²) >= 11 is 5.98. The van der Waals surface area contributed by atoms with Gasteiger partial charge in [-0.05, 0) is 51.0 Å². The number of ether oxygens (including phenoxy) is 1. The van der Waals surface area contributed by atoms with Gasteiger partial charge in [0.05, 0.1) is 12.2 Å². The van der Waals surface area contributed by atoms with Crippen molar-refractivity contribution in [2.45, 2.75) is 40.3 Å². The average Bonchev–Trinajstić information content (AvgIpc) is 2.87. The molecule has 2 aromatic rings. The van der Waals surface area contributed by atoms with Crippen LogP contribution >= 0.6 is 35.6 Å². The van der Waals surface area contributed by atoms with Crippen LogP contribution in [-0.2, 0) is 20.0 Å². The van der Waals surface area contributed by atoms with Crippen LogP contribution in [0.15, 0.2) is 23.2 Å². The van der Waals surface area contributed by atoms with Crippen LogP contribution in [0.5, 0.6) is 5.75 Å². The molecule has 0 saturated heterocycles. The molecule has 1 aromatic carbocycles. The van der Waals surface area contributed by atoms with Crippen LogP contribution in [0.2, 0.25) is 5.02 Å². The Kier molecular flexibility index (Phi) is 10.7. The molecule has 29 heavy (non-hydrogen) atoms. The van der Waals surface area contributed by atoms with Gasteiger partial charge in [0.25, 0.3) is 0 Å². The Morgan fingerprint density at radius 3 is 2.62 bits per heavy atom. The van der Waals surface area contributed by atoms with E-state index in [9.17, 15) is 8.78 Å². The number of guanidine groups is 1. The molecule has 6 nitrogen and oxygen atoms in total. The molecule has 2 rings (SSSR count). The Labute approximate surface area is 192 Å². The number of alkyl halides is 2. The number of benzene rings is 1. The SMILES string of the molecule is CCNC(=NCc1cc(Cl)ccc1OC(F)F)NCCc1c(C)nn(C)c1C.I. The van der Waals surface area contributed by atoms with Gasteiger partial charge in [-0.3, -0.25) is 4.68 Å². The van der Waals surface area contributed by atoms with E-state index in [-0.39, 0.29) is 36.3 Å². The topological polar surface area (TPSA) is 63.5 Å². The first-order valence-electron chi connectivity index (χ1n) is 9.06. The van der Waals surface area contributed by atoms with Gasteiger partial charge >= 0.3 is 6.61 Å². The molecule has 0 radical (unpaired) electrons. The molecule has 0 amide bonds. The number of halogens is 4. The minimum absolute atomic E-state index is 0. The number of rotatable bonds is 8. The van der Waals surface area contributed by atoms with Crippen molar-refractivity contribution in [3.05, 3.63) is 45.7 Å². The lowest BCUT2D eigenvalue weighted by Crippen LogP contribution is -2.38. The monoisotopic (exact) mass is 541 g/mol. The van der Waals surface area contributed by atoms with E-state index in [2.05, 4.69) is 25.5 Å². The molecule has 0 aliphatic rings. The molecule has 0 atom stereocenters. The first kappa shape index (κ1) is 25.4. The second-order valence-electron chi connectivity index (χ2n) is 6.28. The van der Waals surface area contributed by atoms with Crippen LogP contribution in [0.4, 0.5) is 8.78 Å². The predicted molar refractivity (Wildman–Crippen MR) is 123 cm³/mol. The summed E-state index contributed by atoms with van der Waals surface area (Å²) in [6, 6.07) is 4.51. The summed E-state index contributed by atoms with van der Waals surface area (Å²) in [6.45, 7) is 4.58. The van der Waals surface area contributed by atoms with Gasteiger partial charge in [0.1, 0.15) is 5.75 Å². The fourth-order valence-electron chi connectivity index (χ4n) is 2.87. The minimum atomic E-state index is -2.90.